The molecule has 0 radical (unpaired) electrons. The van der Waals surface area contributed by atoms with Crippen LogP contribution < -0.4 is 14.2 Å². The van der Waals surface area contributed by atoms with Crippen molar-refractivity contribution in [2.45, 2.75) is 104 Å². The summed E-state index contributed by atoms with van der Waals surface area (Å²) in [6, 6.07) is 31.1. The van der Waals surface area contributed by atoms with Crippen molar-refractivity contribution in [1.29, 1.82) is 0 Å². The summed E-state index contributed by atoms with van der Waals surface area (Å²) < 4.78 is 17.3. The molecular weight excluding hydrogens is 692 g/mol. The maximum Gasteiger partial charge on any atom is 0.220 e. The Hall–Kier alpha value is -4.99. The van der Waals surface area contributed by atoms with Crippen molar-refractivity contribution >= 4 is 5.57 Å². The molecule has 0 spiro atoms. The molecule has 1 fully saturated rings. The van der Waals surface area contributed by atoms with Crippen LogP contribution in [0.1, 0.15) is 109 Å². The molecule has 7 rings (SSSR count). The number of aromatic nitrogens is 4. The summed E-state index contributed by atoms with van der Waals surface area (Å²) in [4.78, 5) is 18.6. The number of rotatable bonds is 11. The van der Waals surface area contributed by atoms with E-state index in [1.807, 2.05) is 44.2 Å². The number of ether oxygens (including phenoxy) is 3. The second-order valence-corrected chi connectivity index (χ2v) is 14.0. The molecule has 0 bridgehead atoms. The van der Waals surface area contributed by atoms with Crippen LogP contribution in [0.4, 0.5) is 0 Å². The van der Waals surface area contributed by atoms with Gasteiger partial charge in [0, 0.05) is 29.9 Å². The second kappa shape index (κ2) is 21.2. The van der Waals surface area contributed by atoms with Gasteiger partial charge in [-0.25, -0.2) is 9.97 Å². The Morgan fingerprint density at radius 1 is 0.636 bits per heavy atom. The molecule has 3 aromatic carbocycles. The predicted molar refractivity (Wildman–Crippen MR) is 216 cm³/mol. The molecule has 8 nitrogen and oxygen atoms in total. The van der Waals surface area contributed by atoms with E-state index in [1.54, 1.807) is 14.2 Å². The number of nitrogens with zero attached hydrogens (tertiary/aromatic N) is 4. The maximum absolute atomic E-state index is 9.78. The van der Waals surface area contributed by atoms with Crippen LogP contribution in [0.15, 0.2) is 97.1 Å². The third kappa shape index (κ3) is 11.7. The van der Waals surface area contributed by atoms with Crippen LogP contribution in [0.3, 0.4) is 0 Å². The average molecular weight is 748 g/mol. The Morgan fingerprint density at radius 2 is 1.15 bits per heavy atom. The summed E-state index contributed by atoms with van der Waals surface area (Å²) in [6.45, 7) is 4.50. The van der Waals surface area contributed by atoms with Gasteiger partial charge in [0.2, 0.25) is 11.8 Å². The van der Waals surface area contributed by atoms with Gasteiger partial charge in [-0.2, -0.15) is 9.97 Å². The third-order valence-electron chi connectivity index (χ3n) is 10.1. The van der Waals surface area contributed by atoms with Crippen LogP contribution >= 0.6 is 0 Å². The molecule has 5 aromatic rings. The molecule has 1 saturated carbocycles. The first kappa shape index (κ1) is 42.7. The van der Waals surface area contributed by atoms with Crippen LogP contribution in [0, 0.1) is 13.8 Å². The van der Waals surface area contributed by atoms with Gasteiger partial charge in [0.1, 0.15) is 11.6 Å². The summed E-state index contributed by atoms with van der Waals surface area (Å²) in [5.74, 6) is 3.22. The van der Waals surface area contributed by atoms with E-state index < -0.39 is 0 Å². The minimum Gasteiger partial charge on any atom is -1.00 e. The van der Waals surface area contributed by atoms with E-state index in [9.17, 15) is 5.11 Å². The van der Waals surface area contributed by atoms with E-state index >= 15 is 0 Å². The van der Waals surface area contributed by atoms with Gasteiger partial charge in [-0.1, -0.05) is 104 Å². The predicted octanol–water partition coefficient (Wildman–Crippen LogP) is 6.58. The molecule has 55 heavy (non-hydrogen) atoms. The molecular formula is C46H56FN4O4-. The van der Waals surface area contributed by atoms with Crippen LogP contribution in [0.25, 0.3) is 5.57 Å². The highest BCUT2D eigenvalue weighted by atomic mass is 19.0. The Balaban J connectivity index is 0.000000244. The minimum absolute atomic E-state index is 0. The lowest BCUT2D eigenvalue weighted by atomic mass is 9.83. The number of aliphatic hydroxyl groups excluding tert-OH is 1. The molecule has 0 aliphatic heterocycles. The quantitative estimate of drug-likeness (QED) is 0.162. The number of benzene rings is 3. The lowest BCUT2D eigenvalue weighted by Gasteiger charge is -2.27. The van der Waals surface area contributed by atoms with Crippen molar-refractivity contribution in [3.63, 3.8) is 0 Å². The zero-order valence-electron chi connectivity index (χ0n) is 31.9. The first-order chi connectivity index (χ1) is 25.9. The number of hydrogen-bond acceptors (Lipinski definition) is 8. The summed E-state index contributed by atoms with van der Waals surface area (Å²) in [7, 11) is 3.35. The van der Waals surface area contributed by atoms with Crippen molar-refractivity contribution in [1.82, 2.24) is 19.9 Å². The number of allylic oxidation sites excluding steroid dienone is 1. The molecule has 2 aromatic heterocycles. The van der Waals surface area contributed by atoms with E-state index in [1.165, 1.54) is 22.3 Å². The Bertz CT molecular complexity index is 1940. The molecule has 0 saturated heterocycles. The van der Waals surface area contributed by atoms with E-state index in [0.717, 1.165) is 92.0 Å². The van der Waals surface area contributed by atoms with E-state index in [0.29, 0.717) is 24.3 Å². The van der Waals surface area contributed by atoms with E-state index in [4.69, 9.17) is 24.2 Å². The number of aryl methyl sites for hydroxylation is 2. The molecule has 1 atom stereocenters. The number of halogens is 1. The number of aliphatic hydroxyl groups is 1. The maximum atomic E-state index is 9.78. The second-order valence-electron chi connectivity index (χ2n) is 14.0. The van der Waals surface area contributed by atoms with E-state index in [2.05, 4.69) is 76.7 Å². The number of methoxy groups -OCH3 is 2. The van der Waals surface area contributed by atoms with Gasteiger partial charge >= 0.3 is 0 Å². The first-order valence-electron chi connectivity index (χ1n) is 18.8. The fourth-order valence-corrected chi connectivity index (χ4v) is 7.34. The fourth-order valence-electron chi connectivity index (χ4n) is 7.34. The largest absolute Gasteiger partial charge is 1.00 e. The number of hydrogen-bond donors (Lipinski definition) is 1. The van der Waals surface area contributed by atoms with E-state index in [-0.39, 0.29) is 24.3 Å². The van der Waals surface area contributed by atoms with Gasteiger partial charge in [0.15, 0.2) is 0 Å². The first-order valence-corrected chi connectivity index (χ1v) is 18.8. The summed E-state index contributed by atoms with van der Waals surface area (Å²) in [6.07, 6.45) is 10.4. The van der Waals surface area contributed by atoms with Crippen molar-refractivity contribution in [2.24, 2.45) is 0 Å². The molecule has 9 heteroatoms. The van der Waals surface area contributed by atoms with Crippen LogP contribution in [0.2, 0.25) is 0 Å². The standard InChI is InChI=1S/C26H28N2O2.C19H24N2O2.CH4.FH/c1-19-27-25(24(26(28-19)29-2)17-20-9-5-3-6-10-20)22-13-15-23(16-14-22)30-18-21-11-7-4-8-12-21;1-13-20-18(15-8-10-16(22)11-9-15)17(19(21-13)23-2)12-14-6-4-3-5-7-14;;/h3-13,23H,14-18H2,1-2H3;3-7,15-16,22H,8-12H2,1-2H3;1H4;1H/p-1. The van der Waals surface area contributed by atoms with Gasteiger partial charge < -0.3 is 24.0 Å². The minimum atomic E-state index is -0.159. The normalized spacial score (nSPS) is 17.7. The monoisotopic (exact) mass is 747 g/mol. The van der Waals surface area contributed by atoms with Gasteiger partial charge in [-0.3, -0.25) is 0 Å². The summed E-state index contributed by atoms with van der Waals surface area (Å²) >= 11 is 0. The molecule has 2 aliphatic carbocycles. The van der Waals surface area contributed by atoms with Gasteiger partial charge in [0.05, 0.1) is 44.4 Å². The van der Waals surface area contributed by atoms with Crippen LogP contribution in [-0.4, -0.2) is 51.5 Å². The van der Waals surface area contributed by atoms with Gasteiger partial charge in [-0.05, 0) is 81.1 Å². The Morgan fingerprint density at radius 3 is 1.67 bits per heavy atom. The highest BCUT2D eigenvalue weighted by Crippen LogP contribution is 2.37. The van der Waals surface area contributed by atoms with Crippen LogP contribution in [0.5, 0.6) is 11.8 Å². The lowest BCUT2D eigenvalue weighted by molar-refractivity contribution is -0.0000176. The SMILES string of the molecule is C.COc1nc(C)nc(C2=CCC(OCc3ccccc3)CC2)c1Cc1ccccc1.COc1nc(C)nc(C2CCC(O)CC2)c1Cc1ccccc1.[F-]. The lowest BCUT2D eigenvalue weighted by Crippen LogP contribution is -3.00. The zero-order valence-corrected chi connectivity index (χ0v) is 31.9. The Labute approximate surface area is 326 Å². The summed E-state index contributed by atoms with van der Waals surface area (Å²) in [5.41, 5.74) is 9.21. The average Bonchev–Trinajstić information content (AvgIpc) is 3.20. The molecule has 2 heterocycles. The molecule has 1 N–H and O–H groups in total. The van der Waals surface area contributed by atoms with Crippen molar-refractivity contribution in [3.05, 3.63) is 148 Å². The van der Waals surface area contributed by atoms with Crippen molar-refractivity contribution in [2.75, 3.05) is 14.2 Å². The summed E-state index contributed by atoms with van der Waals surface area (Å²) in [5, 5.41) is 9.78. The molecule has 292 valence electrons. The zero-order chi connectivity index (χ0) is 37.0. The highest BCUT2D eigenvalue weighted by Gasteiger charge is 2.27. The fraction of sp³-hybridized carbons (Fsp3) is 0.391. The van der Waals surface area contributed by atoms with Crippen LogP contribution in [-0.2, 0) is 24.2 Å². The van der Waals surface area contributed by atoms with Gasteiger partial charge in [0.25, 0.3) is 0 Å². The molecule has 1 unspecified atom stereocenters. The highest BCUT2D eigenvalue weighted by molar-refractivity contribution is 5.68. The Kier molecular flexibility index (Phi) is 16.5. The van der Waals surface area contributed by atoms with Gasteiger partial charge in [-0.15, -0.1) is 0 Å². The van der Waals surface area contributed by atoms with Crippen molar-refractivity contribution in [3.8, 4) is 11.8 Å². The smallest absolute Gasteiger partial charge is 0.220 e. The molecule has 2 aliphatic rings. The third-order valence-corrected chi connectivity index (χ3v) is 10.1. The molecule has 0 amide bonds. The topological polar surface area (TPSA) is 99.5 Å². The van der Waals surface area contributed by atoms with Crippen molar-refractivity contribution < 1.29 is 24.0 Å².